The van der Waals surface area contributed by atoms with Crippen molar-refractivity contribution in [2.45, 2.75) is 31.2 Å². The molecule has 7 heteroatoms. The number of hydrogen-bond donors (Lipinski definition) is 0. The summed E-state index contributed by atoms with van der Waals surface area (Å²) in [5, 5.41) is 4.08. The molecule has 1 aromatic heterocycles. The molecular weight excluding hydrogens is 338 g/mol. The summed E-state index contributed by atoms with van der Waals surface area (Å²) in [4.78, 5) is 19.7. The van der Waals surface area contributed by atoms with Crippen LogP contribution in [-0.2, 0) is 16.1 Å². The Morgan fingerprint density at radius 1 is 1.32 bits per heavy atom. The molecule has 1 saturated heterocycles. The molecule has 0 radical (unpaired) electrons. The van der Waals surface area contributed by atoms with Crippen LogP contribution in [-0.4, -0.2) is 47.0 Å². The lowest BCUT2D eigenvalue weighted by atomic mass is 9.97. The number of ether oxygens (including phenoxy) is 1. The van der Waals surface area contributed by atoms with Crippen molar-refractivity contribution in [3.8, 4) is 11.4 Å². The molecule has 1 aliphatic heterocycles. The minimum atomic E-state index is -0.0732. The number of hydrogen-bond acceptors (Lipinski definition) is 7. The van der Waals surface area contributed by atoms with Crippen LogP contribution in [0.4, 0.5) is 0 Å². The average molecular weight is 361 g/mol. The molecule has 1 aliphatic rings. The summed E-state index contributed by atoms with van der Waals surface area (Å²) in [7, 11) is 0. The molecule has 0 bridgehead atoms. The lowest BCUT2D eigenvalue weighted by molar-refractivity contribution is -0.149. The third-order valence-corrected chi connectivity index (χ3v) is 5.13. The van der Waals surface area contributed by atoms with Gasteiger partial charge in [-0.15, -0.1) is 11.8 Å². The summed E-state index contributed by atoms with van der Waals surface area (Å²) in [6.45, 7) is 4.58. The Morgan fingerprint density at radius 3 is 2.68 bits per heavy atom. The van der Waals surface area contributed by atoms with E-state index in [1.165, 1.54) is 4.90 Å². The predicted molar refractivity (Wildman–Crippen MR) is 96.1 cm³/mol. The Labute approximate surface area is 151 Å². The predicted octanol–water partition coefficient (Wildman–Crippen LogP) is 3.23. The second kappa shape index (κ2) is 8.49. The largest absolute Gasteiger partial charge is 0.466 e. The van der Waals surface area contributed by atoms with Crippen LogP contribution in [0, 0.1) is 5.92 Å². The first-order valence-corrected chi connectivity index (χ1v) is 9.78. The van der Waals surface area contributed by atoms with E-state index in [0.29, 0.717) is 24.9 Å². The molecule has 25 heavy (non-hydrogen) atoms. The maximum Gasteiger partial charge on any atom is 0.309 e. The van der Waals surface area contributed by atoms with E-state index >= 15 is 0 Å². The summed E-state index contributed by atoms with van der Waals surface area (Å²) in [5.41, 5.74) is 0.953. The van der Waals surface area contributed by atoms with Gasteiger partial charge in [-0.2, -0.15) is 4.98 Å². The van der Waals surface area contributed by atoms with Crippen molar-refractivity contribution in [2.24, 2.45) is 5.92 Å². The fourth-order valence-electron chi connectivity index (χ4n) is 2.95. The fraction of sp³-hybridized carbons (Fsp3) is 0.500. The van der Waals surface area contributed by atoms with Crippen molar-refractivity contribution < 1.29 is 14.1 Å². The normalized spacial score (nSPS) is 16.1. The van der Waals surface area contributed by atoms with Gasteiger partial charge in [-0.3, -0.25) is 9.69 Å². The number of carbonyl (C=O) groups excluding carboxylic acids is 1. The highest BCUT2D eigenvalue weighted by Gasteiger charge is 2.26. The number of likely N-dealkylation sites (tertiary alicyclic amines) is 1. The molecule has 1 fully saturated rings. The highest BCUT2D eigenvalue weighted by molar-refractivity contribution is 7.98. The smallest absolute Gasteiger partial charge is 0.309 e. The van der Waals surface area contributed by atoms with E-state index in [1.807, 2.05) is 25.3 Å². The van der Waals surface area contributed by atoms with Crippen LogP contribution in [0.25, 0.3) is 11.4 Å². The third kappa shape index (κ3) is 4.61. The van der Waals surface area contributed by atoms with Gasteiger partial charge in [-0.05, 0) is 63.4 Å². The number of aromatic nitrogens is 2. The summed E-state index contributed by atoms with van der Waals surface area (Å²) >= 11 is 1.70. The van der Waals surface area contributed by atoms with Gasteiger partial charge < -0.3 is 9.26 Å². The Balaban J connectivity index is 1.54. The molecule has 2 heterocycles. The maximum absolute atomic E-state index is 11.8. The number of rotatable bonds is 6. The topological polar surface area (TPSA) is 68.5 Å². The van der Waals surface area contributed by atoms with Crippen LogP contribution < -0.4 is 0 Å². The minimum absolute atomic E-state index is 0.0180. The SMILES string of the molecule is CCOC(=O)C1CCN(Cc2nc(-c3ccc(SC)cc3)no2)CC1. The lowest BCUT2D eigenvalue weighted by Gasteiger charge is -2.29. The molecule has 1 aromatic carbocycles. The number of carbonyl (C=O) groups is 1. The average Bonchev–Trinajstić information content (AvgIpc) is 3.11. The van der Waals surface area contributed by atoms with Crippen LogP contribution in [0.3, 0.4) is 0 Å². The Morgan fingerprint density at radius 2 is 2.04 bits per heavy atom. The molecule has 3 rings (SSSR count). The fourth-order valence-corrected chi connectivity index (χ4v) is 3.36. The molecular formula is C18H23N3O3S. The van der Waals surface area contributed by atoms with Gasteiger partial charge in [-0.1, -0.05) is 5.16 Å². The molecule has 0 aliphatic carbocycles. The zero-order valence-electron chi connectivity index (χ0n) is 14.6. The molecule has 0 spiro atoms. The Bertz CT molecular complexity index is 694. The van der Waals surface area contributed by atoms with Crippen molar-refractivity contribution >= 4 is 17.7 Å². The second-order valence-electron chi connectivity index (χ2n) is 6.04. The minimum Gasteiger partial charge on any atom is -0.466 e. The first-order chi connectivity index (χ1) is 12.2. The second-order valence-corrected chi connectivity index (χ2v) is 6.92. The first-order valence-electron chi connectivity index (χ1n) is 8.55. The quantitative estimate of drug-likeness (QED) is 0.578. The molecule has 2 aromatic rings. The van der Waals surface area contributed by atoms with Gasteiger partial charge in [-0.25, -0.2) is 0 Å². The molecule has 0 atom stereocenters. The highest BCUT2D eigenvalue weighted by atomic mass is 32.2. The first kappa shape index (κ1) is 17.9. The van der Waals surface area contributed by atoms with Crippen LogP contribution in [0.1, 0.15) is 25.7 Å². The van der Waals surface area contributed by atoms with Crippen molar-refractivity contribution in [2.75, 3.05) is 26.0 Å². The molecule has 0 saturated carbocycles. The Hall–Kier alpha value is -1.86. The third-order valence-electron chi connectivity index (χ3n) is 4.38. The number of thioether (sulfide) groups is 1. The van der Waals surface area contributed by atoms with Gasteiger partial charge in [0.1, 0.15) is 0 Å². The molecule has 0 amide bonds. The van der Waals surface area contributed by atoms with Crippen molar-refractivity contribution in [1.29, 1.82) is 0 Å². The monoisotopic (exact) mass is 361 g/mol. The number of benzene rings is 1. The van der Waals surface area contributed by atoms with Crippen LogP contribution in [0.5, 0.6) is 0 Å². The van der Waals surface area contributed by atoms with Gasteiger partial charge in [0.25, 0.3) is 0 Å². The number of piperidine rings is 1. The summed E-state index contributed by atoms with van der Waals surface area (Å²) in [6.07, 6.45) is 3.68. The van der Waals surface area contributed by atoms with Gasteiger partial charge >= 0.3 is 5.97 Å². The maximum atomic E-state index is 11.8. The summed E-state index contributed by atoms with van der Waals surface area (Å²) in [6, 6.07) is 8.11. The van der Waals surface area contributed by atoms with E-state index < -0.39 is 0 Å². The van der Waals surface area contributed by atoms with Gasteiger partial charge in [0.15, 0.2) is 0 Å². The molecule has 6 nitrogen and oxygen atoms in total. The van der Waals surface area contributed by atoms with E-state index in [-0.39, 0.29) is 11.9 Å². The summed E-state index contributed by atoms with van der Waals surface area (Å²) in [5.74, 6) is 1.17. The molecule has 134 valence electrons. The highest BCUT2D eigenvalue weighted by Crippen LogP contribution is 2.23. The van der Waals surface area contributed by atoms with E-state index in [2.05, 4.69) is 27.2 Å². The molecule has 0 unspecified atom stereocenters. The van der Waals surface area contributed by atoms with E-state index in [1.54, 1.807) is 11.8 Å². The zero-order valence-corrected chi connectivity index (χ0v) is 15.4. The van der Waals surface area contributed by atoms with Gasteiger partial charge in [0, 0.05) is 10.5 Å². The van der Waals surface area contributed by atoms with E-state index in [0.717, 1.165) is 31.5 Å². The summed E-state index contributed by atoms with van der Waals surface area (Å²) < 4.78 is 10.5. The standard InChI is InChI=1S/C18H23N3O3S/c1-3-23-18(22)14-8-10-21(11-9-14)12-16-19-17(20-24-16)13-4-6-15(25-2)7-5-13/h4-7,14H,3,8-12H2,1-2H3. The van der Waals surface area contributed by atoms with Crippen LogP contribution in [0.2, 0.25) is 0 Å². The van der Waals surface area contributed by atoms with Gasteiger partial charge in [0.2, 0.25) is 11.7 Å². The van der Waals surface area contributed by atoms with Crippen LogP contribution >= 0.6 is 11.8 Å². The van der Waals surface area contributed by atoms with Crippen molar-refractivity contribution in [3.63, 3.8) is 0 Å². The van der Waals surface area contributed by atoms with E-state index in [9.17, 15) is 4.79 Å². The Kier molecular flexibility index (Phi) is 6.09. The lowest BCUT2D eigenvalue weighted by Crippen LogP contribution is -2.36. The van der Waals surface area contributed by atoms with Gasteiger partial charge in [0.05, 0.1) is 19.1 Å². The zero-order chi connectivity index (χ0) is 17.6. The van der Waals surface area contributed by atoms with E-state index in [4.69, 9.17) is 9.26 Å². The van der Waals surface area contributed by atoms with Crippen LogP contribution in [0.15, 0.2) is 33.7 Å². The number of esters is 1. The van der Waals surface area contributed by atoms with Crippen molar-refractivity contribution in [3.05, 3.63) is 30.2 Å². The molecule has 0 N–H and O–H groups in total. The number of nitrogens with zero attached hydrogens (tertiary/aromatic N) is 3. The van der Waals surface area contributed by atoms with Crippen molar-refractivity contribution in [1.82, 2.24) is 15.0 Å².